The molecule has 0 bridgehead atoms. The van der Waals surface area contributed by atoms with E-state index in [0.29, 0.717) is 13.0 Å². The van der Waals surface area contributed by atoms with Gasteiger partial charge in [0.05, 0.1) is 5.69 Å². The number of fused-ring (bicyclic) bond motifs is 1. The molecular formula is C25H25NO4S. The minimum absolute atomic E-state index is 0.00251. The Hall–Kier alpha value is -3.12. The molecule has 4 aromatic rings. The molecule has 6 heteroatoms. The Morgan fingerprint density at radius 3 is 2.61 bits per heavy atom. The number of carbonyl (C=O) groups is 1. The Morgan fingerprint density at radius 1 is 1.13 bits per heavy atom. The van der Waals surface area contributed by atoms with Gasteiger partial charge in [0, 0.05) is 22.6 Å². The number of nitrogens with zero attached hydrogens (tertiary/aromatic N) is 1. The van der Waals surface area contributed by atoms with Crippen LogP contribution in [0.2, 0.25) is 0 Å². The van der Waals surface area contributed by atoms with E-state index in [2.05, 4.69) is 26.2 Å². The van der Waals surface area contributed by atoms with Gasteiger partial charge < -0.3 is 14.3 Å². The quantitative estimate of drug-likeness (QED) is 0.361. The molecule has 4 rings (SSSR count). The average Bonchev–Trinajstić information content (AvgIpc) is 3.37. The zero-order chi connectivity index (χ0) is 22.0. The number of furan rings is 1. The highest BCUT2D eigenvalue weighted by molar-refractivity contribution is 7.13. The van der Waals surface area contributed by atoms with Crippen LogP contribution in [0.25, 0.3) is 21.7 Å². The summed E-state index contributed by atoms with van der Waals surface area (Å²) >= 11 is 1.59. The molecule has 0 aliphatic rings. The molecule has 0 saturated carbocycles. The molecule has 0 atom stereocenters. The van der Waals surface area contributed by atoms with Crippen molar-refractivity contribution in [2.75, 3.05) is 0 Å². The zero-order valence-electron chi connectivity index (χ0n) is 17.8. The van der Waals surface area contributed by atoms with Crippen LogP contribution in [-0.4, -0.2) is 16.1 Å². The topological polar surface area (TPSA) is 72.6 Å². The minimum atomic E-state index is -0.799. The summed E-state index contributed by atoms with van der Waals surface area (Å²) in [6, 6.07) is 15.5. The third kappa shape index (κ3) is 4.97. The molecule has 0 aliphatic heterocycles. The van der Waals surface area contributed by atoms with Gasteiger partial charge in [-0.1, -0.05) is 45.0 Å². The van der Waals surface area contributed by atoms with Crippen LogP contribution in [0.5, 0.6) is 5.75 Å². The van der Waals surface area contributed by atoms with Gasteiger partial charge in [0.25, 0.3) is 0 Å². The van der Waals surface area contributed by atoms with Gasteiger partial charge in [0.1, 0.15) is 17.9 Å². The largest absolute Gasteiger partial charge is 0.489 e. The van der Waals surface area contributed by atoms with E-state index in [1.54, 1.807) is 11.3 Å². The van der Waals surface area contributed by atoms with Crippen LogP contribution in [-0.2, 0) is 23.2 Å². The number of carboxylic acids is 1. The van der Waals surface area contributed by atoms with Crippen molar-refractivity contribution in [3.05, 3.63) is 70.7 Å². The van der Waals surface area contributed by atoms with Crippen LogP contribution in [0.1, 0.15) is 44.0 Å². The first-order valence-corrected chi connectivity index (χ1v) is 11.1. The molecule has 2 aromatic carbocycles. The maximum atomic E-state index is 10.9. The predicted molar refractivity (Wildman–Crippen MR) is 123 cm³/mol. The molecule has 0 unspecified atom stereocenters. The van der Waals surface area contributed by atoms with Gasteiger partial charge in [-0.2, -0.15) is 0 Å². The average molecular weight is 436 g/mol. The summed E-state index contributed by atoms with van der Waals surface area (Å²) in [6.45, 7) is 6.82. The van der Waals surface area contributed by atoms with Crippen molar-refractivity contribution in [3.63, 3.8) is 0 Å². The van der Waals surface area contributed by atoms with Crippen LogP contribution >= 0.6 is 11.3 Å². The van der Waals surface area contributed by atoms with Crippen molar-refractivity contribution >= 4 is 28.3 Å². The fourth-order valence-electron chi connectivity index (χ4n) is 3.29. The van der Waals surface area contributed by atoms with Crippen LogP contribution in [0, 0.1) is 0 Å². The van der Waals surface area contributed by atoms with Crippen molar-refractivity contribution in [2.45, 2.75) is 45.6 Å². The van der Waals surface area contributed by atoms with Gasteiger partial charge in [-0.05, 0) is 41.8 Å². The number of aryl methyl sites for hydroxylation is 1. The first-order chi connectivity index (χ1) is 14.8. The highest BCUT2D eigenvalue weighted by Crippen LogP contribution is 2.34. The summed E-state index contributed by atoms with van der Waals surface area (Å²) in [5.41, 5.74) is 3.84. The second-order valence-electron chi connectivity index (χ2n) is 8.55. The van der Waals surface area contributed by atoms with E-state index in [9.17, 15) is 4.79 Å². The Kier molecular flexibility index (Phi) is 5.83. The summed E-state index contributed by atoms with van der Waals surface area (Å²) < 4.78 is 12.0. The molecule has 0 saturated heterocycles. The minimum Gasteiger partial charge on any atom is -0.489 e. The van der Waals surface area contributed by atoms with E-state index in [0.717, 1.165) is 44.3 Å². The Morgan fingerprint density at radius 2 is 1.90 bits per heavy atom. The fraction of sp³-hybridized carbons (Fsp3) is 0.280. The molecule has 2 heterocycles. The highest BCUT2D eigenvalue weighted by atomic mass is 32.1. The van der Waals surface area contributed by atoms with Gasteiger partial charge >= 0.3 is 5.97 Å². The third-order valence-electron chi connectivity index (χ3n) is 5.09. The highest BCUT2D eigenvalue weighted by Gasteiger charge is 2.19. The first kappa shape index (κ1) is 21.1. The Balaban J connectivity index is 1.51. The van der Waals surface area contributed by atoms with E-state index < -0.39 is 5.97 Å². The van der Waals surface area contributed by atoms with Crippen LogP contribution in [0.4, 0.5) is 0 Å². The van der Waals surface area contributed by atoms with E-state index in [4.69, 9.17) is 19.2 Å². The number of hydrogen-bond acceptors (Lipinski definition) is 5. The maximum absolute atomic E-state index is 10.9. The van der Waals surface area contributed by atoms with Gasteiger partial charge in [-0.15, -0.1) is 11.3 Å². The Bertz CT molecular complexity index is 1220. The van der Waals surface area contributed by atoms with Crippen molar-refractivity contribution < 1.29 is 19.1 Å². The number of aliphatic carboxylic acids is 1. The second-order valence-corrected chi connectivity index (χ2v) is 9.41. The van der Waals surface area contributed by atoms with E-state index in [1.807, 2.05) is 48.5 Å². The predicted octanol–water partition coefficient (Wildman–Crippen LogP) is 6.45. The molecule has 0 spiro atoms. The lowest BCUT2D eigenvalue weighted by molar-refractivity contribution is -0.136. The molecule has 0 amide bonds. The lowest BCUT2D eigenvalue weighted by Crippen LogP contribution is -2.11. The third-order valence-corrected chi connectivity index (χ3v) is 5.95. The first-order valence-electron chi connectivity index (χ1n) is 10.2. The van der Waals surface area contributed by atoms with E-state index in [1.165, 1.54) is 0 Å². The molecular weight excluding hydrogens is 410 g/mol. The number of ether oxygens (including phenoxy) is 1. The van der Waals surface area contributed by atoms with Gasteiger partial charge in [-0.25, -0.2) is 4.98 Å². The lowest BCUT2D eigenvalue weighted by Gasteiger charge is -2.13. The maximum Gasteiger partial charge on any atom is 0.303 e. The van der Waals surface area contributed by atoms with Gasteiger partial charge in [0.2, 0.25) is 0 Å². The van der Waals surface area contributed by atoms with E-state index >= 15 is 0 Å². The van der Waals surface area contributed by atoms with Crippen LogP contribution < -0.4 is 4.74 Å². The SMILES string of the molecule is CC(C)(C)c1csc(-c2cc3cc(OCc4ccccc4CCC(=O)O)ccc3o2)n1. The summed E-state index contributed by atoms with van der Waals surface area (Å²) in [4.78, 5) is 15.6. The van der Waals surface area contributed by atoms with Crippen molar-refractivity contribution in [3.8, 4) is 16.5 Å². The molecule has 31 heavy (non-hydrogen) atoms. The number of carboxylic acid groups (broad SMARTS) is 1. The monoisotopic (exact) mass is 435 g/mol. The standard InChI is InChI=1S/C25H25NO4S/c1-25(2,3)22-15-31-24(26-22)21-13-18-12-19(9-10-20(18)30-21)29-14-17-7-5-4-6-16(17)8-11-23(27)28/h4-7,9-10,12-13,15H,8,11,14H2,1-3H3,(H,27,28). The smallest absolute Gasteiger partial charge is 0.303 e. The van der Waals surface area contributed by atoms with Crippen molar-refractivity contribution in [1.29, 1.82) is 0 Å². The molecule has 5 nitrogen and oxygen atoms in total. The normalized spacial score (nSPS) is 11.7. The number of aromatic nitrogens is 1. The molecule has 0 radical (unpaired) electrons. The molecule has 1 N–H and O–H groups in total. The fourth-order valence-corrected chi connectivity index (χ4v) is 4.29. The van der Waals surface area contributed by atoms with Crippen LogP contribution in [0.15, 0.2) is 58.3 Å². The van der Waals surface area contributed by atoms with Crippen LogP contribution in [0.3, 0.4) is 0 Å². The number of rotatable bonds is 7. The van der Waals surface area contributed by atoms with Gasteiger partial charge in [-0.3, -0.25) is 4.79 Å². The molecule has 2 aromatic heterocycles. The zero-order valence-corrected chi connectivity index (χ0v) is 18.7. The second kappa shape index (κ2) is 8.55. The lowest BCUT2D eigenvalue weighted by atomic mass is 9.93. The Labute approximate surface area is 185 Å². The van der Waals surface area contributed by atoms with Gasteiger partial charge in [0.15, 0.2) is 10.8 Å². The number of benzene rings is 2. The van der Waals surface area contributed by atoms with E-state index in [-0.39, 0.29) is 11.8 Å². The van der Waals surface area contributed by atoms with Crippen molar-refractivity contribution in [1.82, 2.24) is 4.98 Å². The molecule has 0 fully saturated rings. The molecule has 0 aliphatic carbocycles. The summed E-state index contributed by atoms with van der Waals surface area (Å²) in [5.74, 6) is 0.695. The molecule has 160 valence electrons. The van der Waals surface area contributed by atoms with Crippen molar-refractivity contribution in [2.24, 2.45) is 0 Å². The summed E-state index contributed by atoms with van der Waals surface area (Å²) in [5, 5.41) is 12.9. The summed E-state index contributed by atoms with van der Waals surface area (Å²) in [7, 11) is 0. The number of thiazole rings is 1. The number of hydrogen-bond donors (Lipinski definition) is 1. The summed E-state index contributed by atoms with van der Waals surface area (Å²) in [6.07, 6.45) is 0.595.